The second-order valence-electron chi connectivity index (χ2n) is 4.02. The van der Waals surface area contributed by atoms with E-state index >= 15 is 0 Å². The molecule has 1 rings (SSSR count). The van der Waals surface area contributed by atoms with E-state index in [1.54, 1.807) is 0 Å². The van der Waals surface area contributed by atoms with Crippen molar-refractivity contribution >= 4 is 0 Å². The molecule has 1 saturated heterocycles. The van der Waals surface area contributed by atoms with E-state index in [0.29, 0.717) is 0 Å². The van der Waals surface area contributed by atoms with Crippen molar-refractivity contribution in [2.75, 3.05) is 46.8 Å². The molecule has 1 unspecified atom stereocenters. The van der Waals surface area contributed by atoms with Crippen LogP contribution >= 0.6 is 0 Å². The van der Waals surface area contributed by atoms with Gasteiger partial charge in [-0.25, -0.2) is 0 Å². The van der Waals surface area contributed by atoms with Crippen LogP contribution in [-0.2, 0) is 0 Å². The van der Waals surface area contributed by atoms with E-state index in [0.717, 1.165) is 25.7 Å². The zero-order valence-corrected chi connectivity index (χ0v) is 9.21. The molecule has 0 radical (unpaired) electrons. The summed E-state index contributed by atoms with van der Waals surface area (Å²) in [7, 11) is 4.42. The third-order valence-electron chi connectivity index (χ3n) is 3.03. The predicted molar refractivity (Wildman–Crippen MR) is 57.1 cm³/mol. The van der Waals surface area contributed by atoms with E-state index in [9.17, 15) is 0 Å². The predicted octanol–water partition coefficient (Wildman–Crippen LogP) is 0.232. The van der Waals surface area contributed by atoms with Gasteiger partial charge in [0, 0.05) is 25.7 Å². The van der Waals surface area contributed by atoms with Gasteiger partial charge in [0.2, 0.25) is 0 Å². The van der Waals surface area contributed by atoms with Crippen LogP contribution in [0.15, 0.2) is 0 Å². The Bertz CT molecular complexity index is 138. The highest BCUT2D eigenvalue weighted by Gasteiger charge is 2.17. The molecule has 1 aliphatic rings. The molecule has 0 aromatic rings. The molecular formula is C10H23N3. The summed E-state index contributed by atoms with van der Waals surface area (Å²) in [6.07, 6.45) is 1.29. The third kappa shape index (κ3) is 3.63. The van der Waals surface area contributed by atoms with E-state index in [-0.39, 0.29) is 0 Å². The number of hydrogen-bond acceptors (Lipinski definition) is 3. The van der Waals surface area contributed by atoms with Gasteiger partial charge in [0.25, 0.3) is 0 Å². The Morgan fingerprint density at radius 2 is 2.31 bits per heavy atom. The van der Waals surface area contributed by atoms with Gasteiger partial charge in [-0.05, 0) is 33.6 Å². The zero-order chi connectivity index (χ0) is 9.68. The molecular weight excluding hydrogens is 162 g/mol. The summed E-state index contributed by atoms with van der Waals surface area (Å²) in [6, 6.07) is 0.739. The first-order chi connectivity index (χ1) is 6.24. The van der Waals surface area contributed by atoms with E-state index in [1.165, 1.54) is 19.5 Å². The SMILES string of the molecule is CCN(C)CCC1CNCCN1C. The van der Waals surface area contributed by atoms with Crippen LogP contribution in [0.3, 0.4) is 0 Å². The summed E-state index contributed by atoms with van der Waals surface area (Å²) in [5.41, 5.74) is 0. The maximum absolute atomic E-state index is 3.45. The number of nitrogens with zero attached hydrogens (tertiary/aromatic N) is 2. The maximum atomic E-state index is 3.45. The molecule has 0 amide bonds. The molecule has 1 fully saturated rings. The largest absolute Gasteiger partial charge is 0.314 e. The van der Waals surface area contributed by atoms with Gasteiger partial charge in [-0.3, -0.25) is 0 Å². The Balaban J connectivity index is 2.18. The Kier molecular flexibility index (Phi) is 4.70. The fourth-order valence-electron chi connectivity index (χ4n) is 1.71. The average molecular weight is 185 g/mol. The molecule has 0 bridgehead atoms. The summed E-state index contributed by atoms with van der Waals surface area (Å²) < 4.78 is 0. The Morgan fingerprint density at radius 3 is 2.92 bits per heavy atom. The Hall–Kier alpha value is -0.120. The monoisotopic (exact) mass is 185 g/mol. The highest BCUT2D eigenvalue weighted by atomic mass is 15.2. The van der Waals surface area contributed by atoms with Crippen molar-refractivity contribution < 1.29 is 0 Å². The van der Waals surface area contributed by atoms with E-state index in [4.69, 9.17) is 0 Å². The molecule has 1 N–H and O–H groups in total. The number of likely N-dealkylation sites (N-methyl/N-ethyl adjacent to an activating group) is 1. The van der Waals surface area contributed by atoms with Crippen LogP contribution in [0.25, 0.3) is 0 Å². The number of nitrogens with one attached hydrogen (secondary N) is 1. The van der Waals surface area contributed by atoms with Gasteiger partial charge in [-0.2, -0.15) is 0 Å². The van der Waals surface area contributed by atoms with Crippen molar-refractivity contribution in [3.8, 4) is 0 Å². The highest BCUT2D eigenvalue weighted by molar-refractivity contribution is 4.77. The summed E-state index contributed by atoms with van der Waals surface area (Å²) in [5, 5.41) is 3.45. The molecule has 1 aliphatic heterocycles. The summed E-state index contributed by atoms with van der Waals surface area (Å²) in [4.78, 5) is 4.85. The molecule has 0 aliphatic carbocycles. The van der Waals surface area contributed by atoms with E-state index < -0.39 is 0 Å². The summed E-state index contributed by atoms with van der Waals surface area (Å²) in [5.74, 6) is 0. The molecule has 0 saturated carbocycles. The van der Waals surface area contributed by atoms with Crippen LogP contribution in [0.5, 0.6) is 0 Å². The fourth-order valence-corrected chi connectivity index (χ4v) is 1.71. The van der Waals surface area contributed by atoms with Gasteiger partial charge < -0.3 is 15.1 Å². The molecule has 1 heterocycles. The molecule has 0 spiro atoms. The number of rotatable bonds is 4. The first-order valence-electron chi connectivity index (χ1n) is 5.33. The summed E-state index contributed by atoms with van der Waals surface area (Å²) >= 11 is 0. The smallest absolute Gasteiger partial charge is 0.0230 e. The minimum absolute atomic E-state index is 0.739. The third-order valence-corrected chi connectivity index (χ3v) is 3.03. The van der Waals surface area contributed by atoms with Gasteiger partial charge in [0.1, 0.15) is 0 Å². The molecule has 1 atom stereocenters. The summed E-state index contributed by atoms with van der Waals surface area (Å²) in [6.45, 7) is 8.09. The zero-order valence-electron chi connectivity index (χ0n) is 9.21. The lowest BCUT2D eigenvalue weighted by Gasteiger charge is -2.34. The molecule has 0 aromatic carbocycles. The van der Waals surface area contributed by atoms with Gasteiger partial charge >= 0.3 is 0 Å². The lowest BCUT2D eigenvalue weighted by atomic mass is 10.1. The van der Waals surface area contributed by atoms with Crippen molar-refractivity contribution in [2.45, 2.75) is 19.4 Å². The van der Waals surface area contributed by atoms with Crippen LogP contribution in [0.1, 0.15) is 13.3 Å². The second-order valence-corrected chi connectivity index (χ2v) is 4.02. The highest BCUT2D eigenvalue weighted by Crippen LogP contribution is 2.04. The van der Waals surface area contributed by atoms with Crippen molar-refractivity contribution in [1.29, 1.82) is 0 Å². The quantitative estimate of drug-likeness (QED) is 0.676. The van der Waals surface area contributed by atoms with Crippen LogP contribution in [0, 0.1) is 0 Å². The molecule has 13 heavy (non-hydrogen) atoms. The lowest BCUT2D eigenvalue weighted by molar-refractivity contribution is 0.174. The molecule has 0 aromatic heterocycles. The number of hydrogen-bond donors (Lipinski definition) is 1. The van der Waals surface area contributed by atoms with Crippen LogP contribution in [0.4, 0.5) is 0 Å². The average Bonchev–Trinajstić information content (AvgIpc) is 2.16. The first kappa shape index (κ1) is 11.0. The number of piperazine rings is 1. The van der Waals surface area contributed by atoms with Crippen molar-refractivity contribution in [3.63, 3.8) is 0 Å². The molecule has 78 valence electrons. The normalized spacial score (nSPS) is 25.4. The standard InChI is InChI=1S/C10H23N3/c1-4-12(2)7-5-10-9-11-6-8-13(10)3/h10-11H,4-9H2,1-3H3. The van der Waals surface area contributed by atoms with Crippen LogP contribution < -0.4 is 5.32 Å². The van der Waals surface area contributed by atoms with Gasteiger partial charge in [-0.1, -0.05) is 6.92 Å². The van der Waals surface area contributed by atoms with Crippen molar-refractivity contribution in [1.82, 2.24) is 15.1 Å². The van der Waals surface area contributed by atoms with E-state index in [2.05, 4.69) is 36.1 Å². The van der Waals surface area contributed by atoms with Gasteiger partial charge in [-0.15, -0.1) is 0 Å². The minimum atomic E-state index is 0.739. The lowest BCUT2D eigenvalue weighted by Crippen LogP contribution is -2.50. The second kappa shape index (κ2) is 5.58. The van der Waals surface area contributed by atoms with Gasteiger partial charge in [0.05, 0.1) is 0 Å². The van der Waals surface area contributed by atoms with Gasteiger partial charge in [0.15, 0.2) is 0 Å². The van der Waals surface area contributed by atoms with Crippen LogP contribution in [0.2, 0.25) is 0 Å². The Labute approximate surface area is 82.1 Å². The van der Waals surface area contributed by atoms with Crippen molar-refractivity contribution in [3.05, 3.63) is 0 Å². The first-order valence-corrected chi connectivity index (χ1v) is 5.33. The maximum Gasteiger partial charge on any atom is 0.0230 e. The molecule has 3 heteroatoms. The van der Waals surface area contributed by atoms with Crippen molar-refractivity contribution in [2.24, 2.45) is 0 Å². The fraction of sp³-hybridized carbons (Fsp3) is 1.00. The Morgan fingerprint density at radius 1 is 1.54 bits per heavy atom. The topological polar surface area (TPSA) is 18.5 Å². The van der Waals surface area contributed by atoms with Crippen LogP contribution in [-0.4, -0.2) is 62.7 Å². The van der Waals surface area contributed by atoms with E-state index in [1.807, 2.05) is 0 Å². The molecule has 3 nitrogen and oxygen atoms in total. The minimum Gasteiger partial charge on any atom is -0.314 e.